The molecule has 0 fully saturated rings. The Bertz CT molecular complexity index is 364. The molecule has 0 amide bonds. The van der Waals surface area contributed by atoms with Crippen LogP contribution in [0, 0.1) is 5.92 Å². The van der Waals surface area contributed by atoms with E-state index in [0.29, 0.717) is 11.7 Å². The molecule has 2 nitrogen and oxygen atoms in total. The van der Waals surface area contributed by atoms with Gasteiger partial charge in [0.05, 0.1) is 0 Å². The highest BCUT2D eigenvalue weighted by Crippen LogP contribution is 2.37. The van der Waals surface area contributed by atoms with Crippen molar-refractivity contribution in [2.75, 3.05) is 6.61 Å². The summed E-state index contributed by atoms with van der Waals surface area (Å²) in [6.07, 6.45) is 6.96. The first-order valence-electron chi connectivity index (χ1n) is 8.02. The molecule has 0 spiro atoms. The van der Waals surface area contributed by atoms with Crippen molar-refractivity contribution in [3.8, 4) is 0 Å². The van der Waals surface area contributed by atoms with E-state index in [1.807, 2.05) is 6.08 Å². The van der Waals surface area contributed by atoms with Gasteiger partial charge in [-0.15, -0.1) is 0 Å². The van der Waals surface area contributed by atoms with E-state index >= 15 is 0 Å². The zero-order valence-electron chi connectivity index (χ0n) is 14.2. The number of rotatable bonds is 7. The third-order valence-electron chi connectivity index (χ3n) is 4.98. The van der Waals surface area contributed by atoms with Crippen LogP contribution in [0.25, 0.3) is 0 Å². The minimum Gasteiger partial charge on any atom is -0.417 e. The van der Waals surface area contributed by atoms with Gasteiger partial charge in [-0.3, -0.25) is 4.79 Å². The van der Waals surface area contributed by atoms with Crippen LogP contribution in [-0.4, -0.2) is 20.7 Å². The summed E-state index contributed by atoms with van der Waals surface area (Å²) >= 11 is 0. The van der Waals surface area contributed by atoms with E-state index in [1.165, 1.54) is 12.0 Å². The van der Waals surface area contributed by atoms with Crippen LogP contribution in [0.15, 0.2) is 11.6 Å². The standard InChI is InChI=1S/C17H32O2Si/c1-7-14(12-15-8-9-16(18)13-15)10-11-19-20(5,6)17(2,3)4/h13-14H,7-12H2,1-6H3. The summed E-state index contributed by atoms with van der Waals surface area (Å²) in [7, 11) is -1.61. The van der Waals surface area contributed by atoms with Crippen LogP contribution in [-0.2, 0) is 9.22 Å². The number of hydrogen-bond acceptors (Lipinski definition) is 2. The van der Waals surface area contributed by atoms with Crippen LogP contribution in [0.4, 0.5) is 0 Å². The van der Waals surface area contributed by atoms with Gasteiger partial charge in [-0.1, -0.05) is 39.7 Å². The minimum atomic E-state index is -1.61. The molecule has 0 aliphatic heterocycles. The lowest BCUT2D eigenvalue weighted by Crippen LogP contribution is -2.41. The third-order valence-corrected chi connectivity index (χ3v) is 9.52. The van der Waals surface area contributed by atoms with Crippen LogP contribution in [0.1, 0.15) is 59.8 Å². The molecule has 0 radical (unpaired) electrons. The van der Waals surface area contributed by atoms with E-state index in [1.54, 1.807) is 0 Å². The van der Waals surface area contributed by atoms with E-state index < -0.39 is 8.32 Å². The van der Waals surface area contributed by atoms with E-state index in [0.717, 1.165) is 32.3 Å². The van der Waals surface area contributed by atoms with Gasteiger partial charge in [-0.25, -0.2) is 0 Å². The Hall–Kier alpha value is -0.413. The molecule has 1 rings (SSSR count). The van der Waals surface area contributed by atoms with E-state index in [2.05, 4.69) is 40.8 Å². The number of ketones is 1. The Balaban J connectivity index is 2.39. The fourth-order valence-corrected chi connectivity index (χ4v) is 3.40. The van der Waals surface area contributed by atoms with Crippen LogP contribution in [0.3, 0.4) is 0 Å². The van der Waals surface area contributed by atoms with E-state index in [4.69, 9.17) is 4.43 Å². The maximum atomic E-state index is 11.3. The fraction of sp³-hybridized carbons (Fsp3) is 0.824. The first-order valence-corrected chi connectivity index (χ1v) is 10.9. The van der Waals surface area contributed by atoms with Crippen molar-refractivity contribution in [3.63, 3.8) is 0 Å². The Kier molecular flexibility index (Phi) is 6.20. The van der Waals surface area contributed by atoms with Gasteiger partial charge in [0.15, 0.2) is 14.1 Å². The summed E-state index contributed by atoms with van der Waals surface area (Å²) in [6, 6.07) is 0. The van der Waals surface area contributed by atoms with Crippen molar-refractivity contribution < 1.29 is 9.22 Å². The first-order chi connectivity index (χ1) is 9.15. The molecule has 20 heavy (non-hydrogen) atoms. The molecule has 0 heterocycles. The molecule has 1 unspecified atom stereocenters. The summed E-state index contributed by atoms with van der Waals surface area (Å²) in [6.45, 7) is 14.6. The SMILES string of the molecule is CCC(CCO[Si](C)(C)C(C)(C)C)CC1=CC(=O)CC1. The molecule has 0 saturated carbocycles. The zero-order valence-corrected chi connectivity index (χ0v) is 15.2. The van der Waals surface area contributed by atoms with Gasteiger partial charge in [-0.2, -0.15) is 0 Å². The molecule has 1 aliphatic carbocycles. The molecule has 0 aromatic rings. The summed E-state index contributed by atoms with van der Waals surface area (Å²) < 4.78 is 6.26. The summed E-state index contributed by atoms with van der Waals surface area (Å²) in [5.41, 5.74) is 1.36. The lowest BCUT2D eigenvalue weighted by Gasteiger charge is -2.36. The Morgan fingerprint density at radius 2 is 1.95 bits per heavy atom. The van der Waals surface area contributed by atoms with Gasteiger partial charge in [-0.05, 0) is 49.4 Å². The van der Waals surface area contributed by atoms with Crippen LogP contribution < -0.4 is 0 Å². The van der Waals surface area contributed by atoms with Crippen molar-refractivity contribution in [1.82, 2.24) is 0 Å². The second-order valence-electron chi connectivity index (χ2n) is 7.64. The quantitative estimate of drug-likeness (QED) is 0.611. The molecule has 1 aliphatic rings. The van der Waals surface area contributed by atoms with Gasteiger partial charge < -0.3 is 4.43 Å². The van der Waals surface area contributed by atoms with Gasteiger partial charge >= 0.3 is 0 Å². The molecule has 1 atom stereocenters. The van der Waals surface area contributed by atoms with Crippen molar-refractivity contribution in [2.24, 2.45) is 5.92 Å². The molecule has 0 aromatic heterocycles. The van der Waals surface area contributed by atoms with Crippen molar-refractivity contribution in [3.05, 3.63) is 11.6 Å². The minimum absolute atomic E-state index is 0.287. The molecular weight excluding hydrogens is 264 g/mol. The number of hydrogen-bond donors (Lipinski definition) is 0. The lowest BCUT2D eigenvalue weighted by molar-refractivity contribution is -0.114. The fourth-order valence-electron chi connectivity index (χ4n) is 2.34. The predicted molar refractivity (Wildman–Crippen MR) is 88.5 cm³/mol. The normalized spacial score (nSPS) is 18.3. The molecule has 3 heteroatoms. The van der Waals surface area contributed by atoms with E-state index in [9.17, 15) is 4.79 Å². The first kappa shape index (κ1) is 17.6. The molecule has 0 bridgehead atoms. The maximum absolute atomic E-state index is 11.3. The monoisotopic (exact) mass is 296 g/mol. The Morgan fingerprint density at radius 1 is 1.30 bits per heavy atom. The summed E-state index contributed by atoms with van der Waals surface area (Å²) in [5.74, 6) is 0.976. The van der Waals surface area contributed by atoms with Gasteiger partial charge in [0, 0.05) is 13.0 Å². The molecule has 0 N–H and O–H groups in total. The second kappa shape index (κ2) is 7.03. The molecule has 116 valence electrons. The van der Waals surface area contributed by atoms with Gasteiger partial charge in [0.1, 0.15) is 0 Å². The Labute approximate surface area is 126 Å². The van der Waals surface area contributed by atoms with Crippen molar-refractivity contribution in [2.45, 2.75) is 77.9 Å². The van der Waals surface area contributed by atoms with Crippen molar-refractivity contribution >= 4 is 14.1 Å². The topological polar surface area (TPSA) is 26.3 Å². The lowest BCUT2D eigenvalue weighted by atomic mass is 9.94. The highest BCUT2D eigenvalue weighted by Gasteiger charge is 2.37. The zero-order chi connectivity index (χ0) is 15.4. The van der Waals surface area contributed by atoms with Crippen molar-refractivity contribution in [1.29, 1.82) is 0 Å². The van der Waals surface area contributed by atoms with Crippen LogP contribution in [0.2, 0.25) is 18.1 Å². The van der Waals surface area contributed by atoms with Gasteiger partial charge in [0.25, 0.3) is 0 Å². The third kappa shape index (κ3) is 5.17. The average Bonchev–Trinajstić information content (AvgIpc) is 2.72. The van der Waals surface area contributed by atoms with Crippen LogP contribution >= 0.6 is 0 Å². The highest BCUT2D eigenvalue weighted by molar-refractivity contribution is 6.74. The summed E-state index contributed by atoms with van der Waals surface area (Å²) in [5, 5.41) is 0.287. The molecular formula is C17H32O2Si. The largest absolute Gasteiger partial charge is 0.417 e. The highest BCUT2D eigenvalue weighted by atomic mass is 28.4. The predicted octanol–water partition coefficient (Wildman–Crippen LogP) is 5.10. The number of carbonyl (C=O) groups is 1. The average molecular weight is 297 g/mol. The van der Waals surface area contributed by atoms with E-state index in [-0.39, 0.29) is 5.04 Å². The smallest absolute Gasteiger partial charge is 0.191 e. The Morgan fingerprint density at radius 3 is 2.40 bits per heavy atom. The second-order valence-corrected chi connectivity index (χ2v) is 12.5. The maximum Gasteiger partial charge on any atom is 0.191 e. The number of allylic oxidation sites excluding steroid dienone is 2. The van der Waals surface area contributed by atoms with Gasteiger partial charge in [0.2, 0.25) is 0 Å². The molecule has 0 aromatic carbocycles. The summed E-state index contributed by atoms with van der Waals surface area (Å²) in [4.78, 5) is 11.3. The number of carbonyl (C=O) groups excluding carboxylic acids is 1. The molecule has 0 saturated heterocycles. The van der Waals surface area contributed by atoms with Crippen LogP contribution in [0.5, 0.6) is 0 Å².